The Hall–Kier alpha value is -6.52. The summed E-state index contributed by atoms with van der Waals surface area (Å²) >= 11 is 0. The van der Waals surface area contributed by atoms with Gasteiger partial charge in [-0.2, -0.15) is 0 Å². The summed E-state index contributed by atoms with van der Waals surface area (Å²) in [4.78, 5) is 19.4. The molecule has 0 saturated heterocycles. The van der Waals surface area contributed by atoms with E-state index in [-0.39, 0.29) is 12.0 Å². The number of aliphatic imine (C=N–C) groups is 1. The maximum Gasteiger partial charge on any atom is 0.160 e. The van der Waals surface area contributed by atoms with Crippen LogP contribution in [0, 0.1) is 0 Å². The number of benzene rings is 6. The van der Waals surface area contributed by atoms with E-state index < -0.39 is 0 Å². The van der Waals surface area contributed by atoms with Gasteiger partial charge in [-0.3, -0.25) is 9.98 Å². The third kappa shape index (κ3) is 5.71. The smallest absolute Gasteiger partial charge is 0.160 e. The summed E-state index contributed by atoms with van der Waals surface area (Å²) in [5, 5.41) is 4.88. The molecule has 2 unspecified atom stereocenters. The van der Waals surface area contributed by atoms with Crippen LogP contribution < -0.4 is 0 Å². The minimum Gasteiger partial charge on any atom is -0.289 e. The number of rotatable bonds is 6. The number of aromatic nitrogens is 3. The van der Waals surface area contributed by atoms with Crippen molar-refractivity contribution in [2.45, 2.75) is 18.9 Å². The van der Waals surface area contributed by atoms with E-state index in [0.717, 1.165) is 33.6 Å². The molecule has 0 N–H and O–H groups in total. The molecule has 0 aliphatic carbocycles. The van der Waals surface area contributed by atoms with Gasteiger partial charge in [0.15, 0.2) is 5.82 Å². The van der Waals surface area contributed by atoms with E-state index in [2.05, 4.69) is 163 Å². The Morgan fingerprint density at radius 1 is 0.490 bits per heavy atom. The number of dihydropyridines is 1. The fraction of sp³-hybridized carbons (Fsp3) is 0.0638. The number of allylic oxidation sites excluding steroid dienone is 1. The molecule has 3 heterocycles. The van der Waals surface area contributed by atoms with Crippen molar-refractivity contribution < 1.29 is 0 Å². The molecular formula is C47H34N4. The minimum absolute atomic E-state index is 0.175. The normalized spacial score (nSPS) is 15.4. The van der Waals surface area contributed by atoms with Crippen molar-refractivity contribution in [1.82, 2.24) is 15.0 Å². The lowest BCUT2D eigenvalue weighted by molar-refractivity contribution is 0.661. The highest BCUT2D eigenvalue weighted by Gasteiger charge is 2.20. The van der Waals surface area contributed by atoms with Crippen LogP contribution in [0.3, 0.4) is 0 Å². The van der Waals surface area contributed by atoms with Crippen LogP contribution in [0.5, 0.6) is 0 Å². The van der Waals surface area contributed by atoms with E-state index >= 15 is 0 Å². The number of fused-ring (bicyclic) bond motifs is 2. The highest BCUT2D eigenvalue weighted by Crippen LogP contribution is 2.44. The van der Waals surface area contributed by atoms with Gasteiger partial charge in [0.1, 0.15) is 0 Å². The lowest BCUT2D eigenvalue weighted by Gasteiger charge is -2.21. The molecule has 0 spiro atoms. The average Bonchev–Trinajstić information content (AvgIpc) is 3.20. The highest BCUT2D eigenvalue weighted by molar-refractivity contribution is 6.21. The molecule has 0 amide bonds. The van der Waals surface area contributed by atoms with E-state index in [1.54, 1.807) is 6.20 Å². The van der Waals surface area contributed by atoms with Gasteiger partial charge >= 0.3 is 0 Å². The van der Waals surface area contributed by atoms with Crippen molar-refractivity contribution in [2.75, 3.05) is 0 Å². The molecule has 6 aromatic carbocycles. The summed E-state index contributed by atoms with van der Waals surface area (Å²) in [6, 6.07) is 51.8. The summed E-state index contributed by atoms with van der Waals surface area (Å²) < 4.78 is 0. The zero-order valence-corrected chi connectivity index (χ0v) is 28.2. The molecule has 0 saturated carbocycles. The highest BCUT2D eigenvalue weighted by atomic mass is 14.9. The molecule has 242 valence electrons. The molecule has 2 aromatic heterocycles. The molecule has 4 nitrogen and oxygen atoms in total. The first-order valence-electron chi connectivity index (χ1n) is 17.4. The lowest BCUT2D eigenvalue weighted by atomic mass is 9.85. The second kappa shape index (κ2) is 13.1. The Bertz CT molecular complexity index is 2550. The van der Waals surface area contributed by atoms with E-state index in [4.69, 9.17) is 9.97 Å². The van der Waals surface area contributed by atoms with Crippen molar-refractivity contribution in [2.24, 2.45) is 4.99 Å². The van der Waals surface area contributed by atoms with Gasteiger partial charge in [0.2, 0.25) is 0 Å². The number of hydrogen-bond acceptors (Lipinski definition) is 4. The van der Waals surface area contributed by atoms with E-state index in [9.17, 15) is 0 Å². The van der Waals surface area contributed by atoms with Gasteiger partial charge in [0, 0.05) is 41.2 Å². The molecular weight excluding hydrogens is 621 g/mol. The maximum atomic E-state index is 5.24. The van der Waals surface area contributed by atoms with Gasteiger partial charge < -0.3 is 0 Å². The molecule has 4 heteroatoms. The van der Waals surface area contributed by atoms with Gasteiger partial charge in [0.05, 0.1) is 17.4 Å². The fourth-order valence-electron chi connectivity index (χ4n) is 7.46. The Morgan fingerprint density at radius 3 is 1.76 bits per heavy atom. The molecule has 1 aliphatic heterocycles. The van der Waals surface area contributed by atoms with Crippen LogP contribution >= 0.6 is 0 Å². The van der Waals surface area contributed by atoms with Crippen molar-refractivity contribution in [3.63, 3.8) is 0 Å². The van der Waals surface area contributed by atoms with E-state index in [1.807, 2.05) is 24.6 Å². The summed E-state index contributed by atoms with van der Waals surface area (Å²) in [5.41, 5.74) is 10.7. The second-order valence-electron chi connectivity index (χ2n) is 13.1. The first-order valence-corrected chi connectivity index (χ1v) is 17.4. The maximum absolute atomic E-state index is 5.24. The SMILES string of the molecule is CC1N=CC=CC1c1cccc(-c2cc(-c3cccnc3)nc(-c3cccc(-c4c5ccccc5c(-c5ccccc5)c5ccccc45)c3)n2)c1. The van der Waals surface area contributed by atoms with E-state index in [0.29, 0.717) is 5.82 Å². The van der Waals surface area contributed by atoms with E-state index in [1.165, 1.54) is 43.8 Å². The molecule has 0 bridgehead atoms. The van der Waals surface area contributed by atoms with Crippen LogP contribution in [0.2, 0.25) is 0 Å². The van der Waals surface area contributed by atoms with Crippen LogP contribution in [0.15, 0.2) is 175 Å². The number of hydrogen-bond donors (Lipinski definition) is 0. The topological polar surface area (TPSA) is 51.0 Å². The summed E-state index contributed by atoms with van der Waals surface area (Å²) in [6.45, 7) is 2.16. The van der Waals surface area contributed by atoms with Crippen molar-refractivity contribution >= 4 is 27.8 Å². The molecule has 2 atom stereocenters. The predicted molar refractivity (Wildman–Crippen MR) is 212 cm³/mol. The Morgan fingerprint density at radius 2 is 1.08 bits per heavy atom. The first-order chi connectivity index (χ1) is 25.2. The van der Waals surface area contributed by atoms with Gasteiger partial charge in [-0.1, -0.05) is 121 Å². The molecule has 9 rings (SSSR count). The number of nitrogens with zero attached hydrogens (tertiary/aromatic N) is 4. The Labute approximate surface area is 297 Å². The second-order valence-corrected chi connectivity index (χ2v) is 13.1. The zero-order chi connectivity index (χ0) is 34.1. The first kappa shape index (κ1) is 30.5. The summed E-state index contributed by atoms with van der Waals surface area (Å²) in [7, 11) is 0. The molecule has 8 aromatic rings. The summed E-state index contributed by atoms with van der Waals surface area (Å²) in [5.74, 6) is 0.882. The summed E-state index contributed by atoms with van der Waals surface area (Å²) in [6.07, 6.45) is 9.81. The monoisotopic (exact) mass is 654 g/mol. The Balaban J connectivity index is 1.22. The van der Waals surface area contributed by atoms with Crippen molar-refractivity contribution in [1.29, 1.82) is 0 Å². The van der Waals surface area contributed by atoms with Crippen LogP contribution in [0.1, 0.15) is 18.4 Å². The lowest BCUT2D eigenvalue weighted by Crippen LogP contribution is -2.13. The van der Waals surface area contributed by atoms with Crippen molar-refractivity contribution in [3.05, 3.63) is 176 Å². The largest absolute Gasteiger partial charge is 0.289 e. The molecule has 0 radical (unpaired) electrons. The van der Waals surface area contributed by atoms with Crippen LogP contribution in [0.25, 0.3) is 77.7 Å². The predicted octanol–water partition coefficient (Wildman–Crippen LogP) is 11.6. The van der Waals surface area contributed by atoms with Crippen LogP contribution in [-0.2, 0) is 0 Å². The molecule has 0 fully saturated rings. The van der Waals surface area contributed by atoms with Gasteiger partial charge in [-0.15, -0.1) is 0 Å². The third-order valence-electron chi connectivity index (χ3n) is 9.90. The quantitative estimate of drug-likeness (QED) is 0.168. The fourth-order valence-corrected chi connectivity index (χ4v) is 7.46. The van der Waals surface area contributed by atoms with Gasteiger partial charge in [0.25, 0.3) is 0 Å². The van der Waals surface area contributed by atoms with Crippen molar-refractivity contribution in [3.8, 4) is 56.2 Å². The molecule has 1 aliphatic rings. The average molecular weight is 655 g/mol. The van der Waals surface area contributed by atoms with Gasteiger partial charge in [-0.05, 0) is 92.7 Å². The Kier molecular flexibility index (Phi) is 7.82. The van der Waals surface area contributed by atoms with Gasteiger partial charge in [-0.25, -0.2) is 9.97 Å². The molecule has 51 heavy (non-hydrogen) atoms. The zero-order valence-electron chi connectivity index (χ0n) is 28.2. The van der Waals surface area contributed by atoms with Crippen LogP contribution in [0.4, 0.5) is 0 Å². The standard InChI is InChI=1S/C47H34N4/c1-31-38(24-12-26-49-31)33-15-9-16-34(27-33)43-29-44(37-19-11-25-48-30-37)51-47(50-43)36-18-10-17-35(28-36)46-41-22-7-5-20-39(41)45(32-13-3-2-4-14-32)40-21-6-8-23-42(40)46/h2-31,38H,1H3. The van der Waals surface area contributed by atoms with Crippen LogP contribution in [-0.4, -0.2) is 27.2 Å². The third-order valence-corrected chi connectivity index (χ3v) is 9.90. The number of pyridine rings is 1. The minimum atomic E-state index is 0.175.